The molecule has 2 nitrogen and oxygen atoms in total. The van der Waals surface area contributed by atoms with Gasteiger partial charge in [-0.25, -0.2) is 0 Å². The predicted molar refractivity (Wildman–Crippen MR) is 54.5 cm³/mol. The van der Waals surface area contributed by atoms with E-state index in [4.69, 9.17) is 4.74 Å². The van der Waals surface area contributed by atoms with Gasteiger partial charge in [-0.05, 0) is 24.7 Å². The van der Waals surface area contributed by atoms with Gasteiger partial charge in [0, 0.05) is 5.92 Å². The average Bonchev–Trinajstić information content (AvgIpc) is 2.84. The molecule has 1 saturated heterocycles. The average molecular weight is 302 g/mol. The van der Waals surface area contributed by atoms with Crippen LogP contribution in [0.2, 0.25) is 0 Å². The van der Waals surface area contributed by atoms with Crippen molar-refractivity contribution in [2.75, 3.05) is 0 Å². The van der Waals surface area contributed by atoms with Crippen LogP contribution in [-0.2, 0) is 9.47 Å². The smallest absolute Gasteiger partial charge is 0.426 e. The van der Waals surface area contributed by atoms with Gasteiger partial charge in [-0.3, -0.25) is 0 Å². The summed E-state index contributed by atoms with van der Waals surface area (Å²) in [6.07, 6.45) is -11.8. The van der Waals surface area contributed by atoms with Gasteiger partial charge in [0.2, 0.25) is 0 Å². The quantitative estimate of drug-likeness (QED) is 0.575. The minimum atomic E-state index is -5.49. The summed E-state index contributed by atoms with van der Waals surface area (Å²) >= 11 is 0. The van der Waals surface area contributed by atoms with Crippen molar-refractivity contribution in [3.05, 3.63) is 12.8 Å². The van der Waals surface area contributed by atoms with Crippen LogP contribution >= 0.6 is 0 Å². The number of fused-ring (bicyclic) bond motifs is 1. The normalized spacial score (nSPS) is 42.0. The minimum absolute atomic E-state index is 0.182. The molecular weight excluding hydrogens is 290 g/mol. The Bertz CT molecular complexity index is 415. The second-order valence-corrected chi connectivity index (χ2v) is 5.58. The predicted octanol–water partition coefficient (Wildman–Crippen LogP) is 3.43. The van der Waals surface area contributed by atoms with Crippen LogP contribution in [0.3, 0.4) is 0 Å². The summed E-state index contributed by atoms with van der Waals surface area (Å²) in [7, 11) is 0. The molecule has 0 amide bonds. The zero-order chi connectivity index (χ0) is 14.9. The van der Waals surface area contributed by atoms with Crippen LogP contribution < -0.4 is 0 Å². The van der Waals surface area contributed by atoms with Crippen LogP contribution in [0.4, 0.5) is 26.3 Å². The molecule has 1 aliphatic heterocycles. The lowest BCUT2D eigenvalue weighted by atomic mass is 9.77. The third kappa shape index (κ3) is 1.46. The van der Waals surface area contributed by atoms with E-state index in [1.165, 1.54) is 0 Å². The highest BCUT2D eigenvalue weighted by molar-refractivity contribution is 5.19. The Morgan fingerprint density at radius 3 is 2.20 bits per heavy atom. The second kappa shape index (κ2) is 3.84. The van der Waals surface area contributed by atoms with Crippen molar-refractivity contribution in [2.24, 2.45) is 17.8 Å². The largest absolute Gasteiger partial charge is 0.496 e. The van der Waals surface area contributed by atoms with Gasteiger partial charge < -0.3 is 9.47 Å². The third-order valence-corrected chi connectivity index (χ3v) is 4.80. The van der Waals surface area contributed by atoms with Crippen molar-refractivity contribution in [3.63, 3.8) is 0 Å². The first-order valence-electron chi connectivity index (χ1n) is 6.21. The highest BCUT2D eigenvalue weighted by Gasteiger charge is 2.84. The van der Waals surface area contributed by atoms with Crippen molar-refractivity contribution < 1.29 is 35.8 Å². The topological polar surface area (TPSA) is 18.5 Å². The molecular formula is C12H12F6O2. The van der Waals surface area contributed by atoms with E-state index >= 15 is 0 Å². The lowest BCUT2D eigenvalue weighted by molar-refractivity contribution is -0.385. The number of hydrogen-bond acceptors (Lipinski definition) is 2. The van der Waals surface area contributed by atoms with E-state index in [0.29, 0.717) is 0 Å². The molecule has 0 aromatic heterocycles. The second-order valence-electron chi connectivity index (χ2n) is 5.58. The molecule has 0 aromatic rings. The molecule has 0 radical (unpaired) electrons. The van der Waals surface area contributed by atoms with Gasteiger partial charge in [0.1, 0.15) is 6.10 Å². The van der Waals surface area contributed by atoms with Crippen LogP contribution in [0.15, 0.2) is 12.8 Å². The monoisotopic (exact) mass is 302 g/mol. The molecule has 114 valence electrons. The van der Waals surface area contributed by atoms with E-state index in [2.05, 4.69) is 11.3 Å². The summed E-state index contributed by atoms with van der Waals surface area (Å²) < 4.78 is 88.6. The summed E-state index contributed by atoms with van der Waals surface area (Å²) in [5.41, 5.74) is -4.05. The highest BCUT2D eigenvalue weighted by Crippen LogP contribution is 2.68. The SMILES string of the molecule is C=COC1C2OC(C(F)(F)F)(C(F)(F)F)C3C[C@H]1C[C@@H]23. The van der Waals surface area contributed by atoms with Gasteiger partial charge >= 0.3 is 12.4 Å². The first-order chi connectivity index (χ1) is 9.13. The number of hydrogen-bond donors (Lipinski definition) is 0. The molecule has 3 unspecified atom stereocenters. The van der Waals surface area contributed by atoms with Gasteiger partial charge in [0.15, 0.2) is 0 Å². The Kier molecular flexibility index (Phi) is 2.69. The maximum absolute atomic E-state index is 13.1. The Hall–Kier alpha value is -0.920. The standard InChI is InChI=1S/C12H12F6O2/c1-2-19-8-5-3-6-7(4-5)10(11(13,14)15,12(16,17)18)20-9(6)8/h2,5-9H,1,3-4H2/t5-,6-,7?,8?,9?/m1/s1. The molecule has 3 rings (SSSR count). The Morgan fingerprint density at radius 2 is 1.70 bits per heavy atom. The Morgan fingerprint density at radius 1 is 1.10 bits per heavy atom. The maximum Gasteiger partial charge on any atom is 0.426 e. The van der Waals surface area contributed by atoms with Gasteiger partial charge in [-0.2, -0.15) is 26.3 Å². The molecule has 0 N–H and O–H groups in total. The van der Waals surface area contributed by atoms with E-state index in [0.717, 1.165) is 6.26 Å². The zero-order valence-electron chi connectivity index (χ0n) is 10.2. The lowest BCUT2D eigenvalue weighted by Crippen LogP contribution is -2.60. The summed E-state index contributed by atoms with van der Waals surface area (Å²) in [6, 6.07) is 0. The molecule has 20 heavy (non-hydrogen) atoms. The molecule has 2 bridgehead atoms. The van der Waals surface area contributed by atoms with E-state index in [-0.39, 0.29) is 18.8 Å². The fourth-order valence-electron chi connectivity index (χ4n) is 4.19. The summed E-state index contributed by atoms with van der Waals surface area (Å²) in [5.74, 6) is -2.66. The molecule has 2 aliphatic carbocycles. The van der Waals surface area contributed by atoms with Crippen LogP contribution in [0.5, 0.6) is 0 Å². The van der Waals surface area contributed by atoms with E-state index < -0.39 is 42.0 Å². The van der Waals surface area contributed by atoms with Crippen molar-refractivity contribution in [1.82, 2.24) is 0 Å². The fourth-order valence-corrected chi connectivity index (χ4v) is 4.19. The minimum Gasteiger partial charge on any atom is -0.496 e. The van der Waals surface area contributed by atoms with Crippen molar-refractivity contribution in [2.45, 2.75) is 43.0 Å². The number of ether oxygens (including phenoxy) is 2. The molecule has 8 heteroatoms. The highest BCUT2D eigenvalue weighted by atomic mass is 19.4. The third-order valence-electron chi connectivity index (χ3n) is 4.80. The Labute approximate surface area is 110 Å². The van der Waals surface area contributed by atoms with E-state index in [9.17, 15) is 26.3 Å². The summed E-state index contributed by atoms with van der Waals surface area (Å²) in [6.45, 7) is 3.30. The van der Waals surface area contributed by atoms with Gasteiger partial charge in [-0.15, -0.1) is 0 Å². The molecule has 3 fully saturated rings. The molecule has 1 heterocycles. The van der Waals surface area contributed by atoms with E-state index in [1.807, 2.05) is 0 Å². The van der Waals surface area contributed by atoms with Crippen molar-refractivity contribution in [3.8, 4) is 0 Å². The number of rotatable bonds is 2. The van der Waals surface area contributed by atoms with Crippen LogP contribution in [0.1, 0.15) is 12.8 Å². The molecule has 0 spiro atoms. The number of halogens is 6. The van der Waals surface area contributed by atoms with Gasteiger partial charge in [0.05, 0.1) is 12.4 Å². The van der Waals surface area contributed by atoms with Crippen LogP contribution in [0, 0.1) is 17.8 Å². The van der Waals surface area contributed by atoms with Gasteiger partial charge in [-0.1, -0.05) is 6.58 Å². The zero-order valence-corrected chi connectivity index (χ0v) is 10.2. The van der Waals surface area contributed by atoms with Crippen molar-refractivity contribution in [1.29, 1.82) is 0 Å². The van der Waals surface area contributed by atoms with Crippen LogP contribution in [-0.4, -0.2) is 30.2 Å². The summed E-state index contributed by atoms with van der Waals surface area (Å²) in [5, 5.41) is 0. The molecule has 3 aliphatic rings. The van der Waals surface area contributed by atoms with E-state index in [1.54, 1.807) is 0 Å². The Balaban J connectivity index is 2.03. The molecule has 0 aromatic carbocycles. The fraction of sp³-hybridized carbons (Fsp3) is 0.833. The molecule has 2 saturated carbocycles. The van der Waals surface area contributed by atoms with Crippen LogP contribution in [0.25, 0.3) is 0 Å². The first kappa shape index (κ1) is 14.0. The number of alkyl halides is 6. The summed E-state index contributed by atoms with van der Waals surface area (Å²) in [4.78, 5) is 0. The lowest BCUT2D eigenvalue weighted by Gasteiger charge is -2.36. The molecule has 5 atom stereocenters. The maximum atomic E-state index is 13.1. The first-order valence-corrected chi connectivity index (χ1v) is 6.21. The van der Waals surface area contributed by atoms with Crippen molar-refractivity contribution >= 4 is 0 Å². The van der Waals surface area contributed by atoms with Gasteiger partial charge in [0.25, 0.3) is 5.60 Å².